The highest BCUT2D eigenvalue weighted by Crippen LogP contribution is 2.53. The maximum absolute atomic E-state index is 10.2. The summed E-state index contributed by atoms with van der Waals surface area (Å²) in [4.78, 5) is 0. The van der Waals surface area contributed by atoms with Gasteiger partial charge in [-0.2, -0.15) is 0 Å². The molecule has 0 aromatic heterocycles. The molecule has 1 aromatic carbocycles. The number of aromatic hydroxyl groups is 1. The predicted octanol–water partition coefficient (Wildman–Crippen LogP) is 4.70. The number of nitrogens with two attached hydrogens (primary N) is 1. The Morgan fingerprint density at radius 3 is 2.33 bits per heavy atom. The average molecular weight is 334 g/mol. The maximum Gasteiger partial charge on any atom is 0.116 e. The maximum atomic E-state index is 10.2. The number of aliphatic hydroxyl groups is 1. The number of aliphatic hydroxyl groups excluding tert-OH is 1. The van der Waals surface area contributed by atoms with Crippen LogP contribution in [0.4, 0.5) is 0 Å². The second kappa shape index (κ2) is 8.87. The lowest BCUT2D eigenvalue weighted by atomic mass is 9.71. The van der Waals surface area contributed by atoms with Gasteiger partial charge in [0.15, 0.2) is 0 Å². The van der Waals surface area contributed by atoms with Crippen LogP contribution in [-0.4, -0.2) is 16.8 Å². The molecule has 1 saturated carbocycles. The Labute approximate surface area is 147 Å². The van der Waals surface area contributed by atoms with Gasteiger partial charge in [0.05, 0.1) is 6.10 Å². The second-order valence-electron chi connectivity index (χ2n) is 7.66. The Bertz CT molecular complexity index is 505. The molecular weight excluding hydrogens is 298 g/mol. The van der Waals surface area contributed by atoms with E-state index in [1.165, 1.54) is 44.9 Å². The van der Waals surface area contributed by atoms with Crippen LogP contribution in [0.1, 0.15) is 82.4 Å². The molecule has 136 valence electrons. The monoisotopic (exact) mass is 333 g/mol. The zero-order valence-electron chi connectivity index (χ0n) is 15.4. The van der Waals surface area contributed by atoms with E-state index in [9.17, 15) is 10.2 Å². The van der Waals surface area contributed by atoms with E-state index in [-0.39, 0.29) is 5.75 Å². The van der Waals surface area contributed by atoms with Crippen molar-refractivity contribution in [1.29, 1.82) is 0 Å². The van der Waals surface area contributed by atoms with E-state index >= 15 is 0 Å². The summed E-state index contributed by atoms with van der Waals surface area (Å²) >= 11 is 0. The summed E-state index contributed by atoms with van der Waals surface area (Å²) in [6.45, 7) is 5.04. The molecule has 0 bridgehead atoms. The standard InChI is InChI=1S/C21H35NO2/c1-3-9-21(10-4-2,18-5-6-18)11-7-16-13-17(15-19(23)14-16)20(24)8-12-22/h13-15,18,20,23-24H,3-12,22H2,1-2H3. The van der Waals surface area contributed by atoms with Crippen molar-refractivity contribution < 1.29 is 10.2 Å². The van der Waals surface area contributed by atoms with Crippen LogP contribution >= 0.6 is 0 Å². The Morgan fingerprint density at radius 1 is 1.12 bits per heavy atom. The molecule has 1 aliphatic rings. The molecule has 3 nitrogen and oxygen atoms in total. The summed E-state index contributed by atoms with van der Waals surface area (Å²) in [7, 11) is 0. The Hall–Kier alpha value is -1.06. The second-order valence-corrected chi connectivity index (χ2v) is 7.66. The van der Waals surface area contributed by atoms with Gasteiger partial charge < -0.3 is 15.9 Å². The molecule has 3 heteroatoms. The first kappa shape index (κ1) is 19.3. The molecular formula is C21H35NO2. The molecule has 4 N–H and O–H groups in total. The van der Waals surface area contributed by atoms with Crippen molar-refractivity contribution in [2.75, 3.05) is 6.54 Å². The number of benzene rings is 1. The number of phenols is 1. The van der Waals surface area contributed by atoms with Gasteiger partial charge in [-0.15, -0.1) is 0 Å². The van der Waals surface area contributed by atoms with Crippen LogP contribution in [0.2, 0.25) is 0 Å². The van der Waals surface area contributed by atoms with E-state index in [1.54, 1.807) is 6.07 Å². The number of phenolic OH excluding ortho intramolecular Hbond substituents is 1. The molecule has 0 spiro atoms. The van der Waals surface area contributed by atoms with Crippen molar-refractivity contribution in [3.05, 3.63) is 29.3 Å². The van der Waals surface area contributed by atoms with Gasteiger partial charge in [0.2, 0.25) is 0 Å². The van der Waals surface area contributed by atoms with Gasteiger partial charge in [-0.3, -0.25) is 0 Å². The summed E-state index contributed by atoms with van der Waals surface area (Å²) in [5.41, 5.74) is 7.95. The Kier molecular flexibility index (Phi) is 7.12. The normalized spacial score (nSPS) is 16.3. The van der Waals surface area contributed by atoms with Crippen LogP contribution in [0.3, 0.4) is 0 Å². The van der Waals surface area contributed by atoms with Gasteiger partial charge in [-0.25, -0.2) is 0 Å². The molecule has 0 saturated heterocycles. The van der Waals surface area contributed by atoms with Crippen LogP contribution in [0.25, 0.3) is 0 Å². The van der Waals surface area contributed by atoms with Crippen molar-refractivity contribution in [1.82, 2.24) is 0 Å². The first-order chi connectivity index (χ1) is 11.5. The van der Waals surface area contributed by atoms with Gasteiger partial charge in [-0.05, 0) is 86.1 Å². The zero-order chi connectivity index (χ0) is 17.6. The quantitative estimate of drug-likeness (QED) is 0.550. The van der Waals surface area contributed by atoms with E-state index in [0.29, 0.717) is 18.4 Å². The molecule has 1 atom stereocenters. The number of hydrogen-bond acceptors (Lipinski definition) is 3. The predicted molar refractivity (Wildman–Crippen MR) is 100 cm³/mol. The number of hydrogen-bond donors (Lipinski definition) is 3. The molecule has 1 aliphatic carbocycles. The van der Waals surface area contributed by atoms with Crippen molar-refractivity contribution >= 4 is 0 Å². The topological polar surface area (TPSA) is 66.5 Å². The van der Waals surface area contributed by atoms with E-state index < -0.39 is 6.10 Å². The van der Waals surface area contributed by atoms with Gasteiger partial charge >= 0.3 is 0 Å². The lowest BCUT2D eigenvalue weighted by Gasteiger charge is -2.34. The highest BCUT2D eigenvalue weighted by atomic mass is 16.3. The van der Waals surface area contributed by atoms with Crippen molar-refractivity contribution in [2.45, 2.75) is 77.7 Å². The third-order valence-electron chi connectivity index (χ3n) is 5.68. The smallest absolute Gasteiger partial charge is 0.116 e. The summed E-state index contributed by atoms with van der Waals surface area (Å²) in [5, 5.41) is 20.2. The van der Waals surface area contributed by atoms with Gasteiger partial charge in [0.25, 0.3) is 0 Å². The van der Waals surface area contributed by atoms with Gasteiger partial charge in [0.1, 0.15) is 5.75 Å². The Morgan fingerprint density at radius 2 is 1.79 bits per heavy atom. The minimum atomic E-state index is -0.583. The van der Waals surface area contributed by atoms with E-state index in [4.69, 9.17) is 5.73 Å². The lowest BCUT2D eigenvalue weighted by molar-refractivity contribution is 0.169. The molecule has 0 heterocycles. The molecule has 1 fully saturated rings. The van der Waals surface area contributed by atoms with E-state index in [0.717, 1.165) is 23.5 Å². The van der Waals surface area contributed by atoms with Crippen LogP contribution in [0.5, 0.6) is 5.75 Å². The third-order valence-corrected chi connectivity index (χ3v) is 5.68. The van der Waals surface area contributed by atoms with Crippen LogP contribution in [-0.2, 0) is 6.42 Å². The molecule has 0 radical (unpaired) electrons. The fourth-order valence-electron chi connectivity index (χ4n) is 4.43. The molecule has 1 unspecified atom stereocenters. The van der Waals surface area contributed by atoms with Crippen molar-refractivity contribution in [2.24, 2.45) is 17.1 Å². The number of rotatable bonds is 11. The fourth-order valence-corrected chi connectivity index (χ4v) is 4.43. The summed E-state index contributed by atoms with van der Waals surface area (Å²) < 4.78 is 0. The summed E-state index contributed by atoms with van der Waals surface area (Å²) in [5.74, 6) is 1.15. The summed E-state index contributed by atoms with van der Waals surface area (Å²) in [6, 6.07) is 5.57. The van der Waals surface area contributed by atoms with Crippen LogP contribution in [0.15, 0.2) is 18.2 Å². The van der Waals surface area contributed by atoms with Gasteiger partial charge in [-0.1, -0.05) is 32.8 Å². The molecule has 0 aliphatic heterocycles. The summed E-state index contributed by atoms with van der Waals surface area (Å²) in [6.07, 6.45) is 10.0. The Balaban J connectivity index is 2.11. The fraction of sp³-hybridized carbons (Fsp3) is 0.714. The van der Waals surface area contributed by atoms with Crippen LogP contribution < -0.4 is 5.73 Å². The van der Waals surface area contributed by atoms with Crippen LogP contribution in [0, 0.1) is 11.3 Å². The third kappa shape index (κ3) is 4.97. The van der Waals surface area contributed by atoms with E-state index in [2.05, 4.69) is 19.9 Å². The zero-order valence-corrected chi connectivity index (χ0v) is 15.4. The average Bonchev–Trinajstić information content (AvgIpc) is 3.38. The van der Waals surface area contributed by atoms with E-state index in [1.807, 2.05) is 6.07 Å². The highest BCUT2D eigenvalue weighted by molar-refractivity contribution is 5.35. The lowest BCUT2D eigenvalue weighted by Crippen LogP contribution is -2.24. The molecule has 2 rings (SSSR count). The van der Waals surface area contributed by atoms with Crippen molar-refractivity contribution in [3.8, 4) is 5.75 Å². The minimum absolute atomic E-state index is 0.251. The largest absolute Gasteiger partial charge is 0.508 e. The highest BCUT2D eigenvalue weighted by Gasteiger charge is 2.42. The molecule has 24 heavy (non-hydrogen) atoms. The number of aryl methyl sites for hydroxylation is 1. The minimum Gasteiger partial charge on any atom is -0.508 e. The van der Waals surface area contributed by atoms with Gasteiger partial charge in [0, 0.05) is 0 Å². The SMILES string of the molecule is CCCC(CCC)(CCc1cc(O)cc(C(O)CCN)c1)C1CC1. The van der Waals surface area contributed by atoms with Crippen molar-refractivity contribution in [3.63, 3.8) is 0 Å². The first-order valence-corrected chi connectivity index (χ1v) is 9.75. The molecule has 0 amide bonds. The first-order valence-electron chi connectivity index (χ1n) is 9.75. The molecule has 1 aromatic rings.